The van der Waals surface area contributed by atoms with Gasteiger partial charge in [0.1, 0.15) is 16.2 Å². The Morgan fingerprint density at radius 3 is 2.67 bits per heavy atom. The van der Waals surface area contributed by atoms with Gasteiger partial charge in [-0.1, -0.05) is 0 Å². The minimum atomic E-state index is 0.653. The lowest BCUT2D eigenvalue weighted by Gasteiger charge is -1.78. The maximum Gasteiger partial charge on any atom is 0.137 e. The fourth-order valence-corrected chi connectivity index (χ4v) is 1.75. The van der Waals surface area contributed by atoms with E-state index in [4.69, 9.17) is 5.26 Å². The van der Waals surface area contributed by atoms with Crippen molar-refractivity contribution in [1.29, 1.82) is 5.26 Å². The molecule has 0 aliphatic rings. The van der Waals surface area contributed by atoms with Gasteiger partial charge < -0.3 is 0 Å². The molecule has 1 heterocycles. The predicted molar refractivity (Wildman–Crippen MR) is 39.3 cm³/mol. The SMILES string of the molecule is Cc1snc(Br)c1C#N. The van der Waals surface area contributed by atoms with Crippen LogP contribution in [0.5, 0.6) is 0 Å². The van der Waals surface area contributed by atoms with Crippen LogP contribution in [0, 0.1) is 18.3 Å². The van der Waals surface area contributed by atoms with Crippen molar-refractivity contribution < 1.29 is 0 Å². The van der Waals surface area contributed by atoms with Crippen LogP contribution in [-0.2, 0) is 0 Å². The molecule has 0 aromatic carbocycles. The minimum Gasteiger partial charge on any atom is -0.192 e. The molecule has 0 atom stereocenters. The first-order valence-electron chi connectivity index (χ1n) is 2.27. The highest BCUT2D eigenvalue weighted by Gasteiger charge is 2.04. The molecule has 2 nitrogen and oxygen atoms in total. The Balaban J connectivity index is 3.27. The standard InChI is InChI=1S/C5H3BrN2S/c1-3-4(2-7)5(6)8-9-3/h1H3. The Morgan fingerprint density at radius 1 is 1.78 bits per heavy atom. The van der Waals surface area contributed by atoms with Crippen LogP contribution in [0.3, 0.4) is 0 Å². The highest BCUT2D eigenvalue weighted by molar-refractivity contribution is 9.10. The molecular formula is C5H3BrN2S. The lowest BCUT2D eigenvalue weighted by atomic mass is 10.3. The van der Waals surface area contributed by atoms with Gasteiger partial charge in [-0.2, -0.15) is 9.64 Å². The lowest BCUT2D eigenvalue weighted by Crippen LogP contribution is -1.71. The van der Waals surface area contributed by atoms with E-state index in [1.807, 2.05) is 13.0 Å². The Labute approximate surface area is 65.4 Å². The molecule has 0 aliphatic heterocycles. The smallest absolute Gasteiger partial charge is 0.137 e. The number of nitrogens with zero attached hydrogens (tertiary/aromatic N) is 2. The summed E-state index contributed by atoms with van der Waals surface area (Å²) in [6, 6.07) is 2.04. The molecule has 1 aromatic heterocycles. The van der Waals surface area contributed by atoms with Crippen LogP contribution in [0.15, 0.2) is 4.60 Å². The molecular weight excluding hydrogens is 200 g/mol. The number of nitriles is 1. The molecule has 0 N–H and O–H groups in total. The zero-order chi connectivity index (χ0) is 6.85. The van der Waals surface area contributed by atoms with Crippen molar-refractivity contribution in [3.63, 3.8) is 0 Å². The van der Waals surface area contributed by atoms with Gasteiger partial charge in [-0.15, -0.1) is 0 Å². The number of hydrogen-bond donors (Lipinski definition) is 0. The average Bonchev–Trinajstić information content (AvgIpc) is 2.12. The van der Waals surface area contributed by atoms with Crippen LogP contribution < -0.4 is 0 Å². The molecule has 1 rings (SSSR count). The zero-order valence-corrected chi connectivity index (χ0v) is 7.08. The molecule has 0 aliphatic carbocycles. The monoisotopic (exact) mass is 202 g/mol. The van der Waals surface area contributed by atoms with Gasteiger partial charge in [-0.3, -0.25) is 0 Å². The van der Waals surface area contributed by atoms with Crippen molar-refractivity contribution in [1.82, 2.24) is 4.37 Å². The van der Waals surface area contributed by atoms with Crippen molar-refractivity contribution in [3.05, 3.63) is 15.0 Å². The second-order valence-electron chi connectivity index (χ2n) is 1.52. The summed E-state index contributed by atoms with van der Waals surface area (Å²) >= 11 is 4.49. The van der Waals surface area contributed by atoms with Crippen LogP contribution in [-0.4, -0.2) is 4.37 Å². The lowest BCUT2D eigenvalue weighted by molar-refractivity contribution is 1.40. The molecule has 0 radical (unpaired) electrons. The largest absolute Gasteiger partial charge is 0.192 e. The van der Waals surface area contributed by atoms with Crippen molar-refractivity contribution in [2.75, 3.05) is 0 Å². The third-order valence-electron chi connectivity index (χ3n) is 0.933. The van der Waals surface area contributed by atoms with E-state index < -0.39 is 0 Å². The highest BCUT2D eigenvalue weighted by Crippen LogP contribution is 2.20. The van der Waals surface area contributed by atoms with Gasteiger partial charge in [0.15, 0.2) is 0 Å². The molecule has 0 fully saturated rings. The third-order valence-corrected chi connectivity index (χ3v) is 2.49. The van der Waals surface area contributed by atoms with Crippen molar-refractivity contribution in [2.24, 2.45) is 0 Å². The molecule has 9 heavy (non-hydrogen) atoms. The van der Waals surface area contributed by atoms with Gasteiger partial charge in [-0.05, 0) is 34.4 Å². The molecule has 0 saturated carbocycles. The summed E-state index contributed by atoms with van der Waals surface area (Å²) in [7, 11) is 0. The van der Waals surface area contributed by atoms with Crippen molar-refractivity contribution in [3.8, 4) is 6.07 Å². The number of aromatic nitrogens is 1. The first kappa shape index (κ1) is 6.72. The molecule has 4 heteroatoms. The highest BCUT2D eigenvalue weighted by atomic mass is 79.9. The van der Waals surface area contributed by atoms with Gasteiger partial charge >= 0.3 is 0 Å². The Hall–Kier alpha value is -0.400. The summed E-state index contributed by atoms with van der Waals surface area (Å²) in [6.45, 7) is 1.88. The molecule has 0 unspecified atom stereocenters. The third kappa shape index (κ3) is 1.12. The first-order valence-corrected chi connectivity index (χ1v) is 3.84. The van der Waals surface area contributed by atoms with Gasteiger partial charge in [0.05, 0.1) is 0 Å². The molecule has 1 aromatic rings. The van der Waals surface area contributed by atoms with Crippen LogP contribution in [0.2, 0.25) is 0 Å². The van der Waals surface area contributed by atoms with E-state index >= 15 is 0 Å². The van der Waals surface area contributed by atoms with Crippen LogP contribution >= 0.6 is 27.5 Å². The summed E-state index contributed by atoms with van der Waals surface area (Å²) in [6.07, 6.45) is 0. The summed E-state index contributed by atoms with van der Waals surface area (Å²) in [5.41, 5.74) is 0.653. The summed E-state index contributed by atoms with van der Waals surface area (Å²) in [5.74, 6) is 0. The quantitative estimate of drug-likeness (QED) is 0.647. The number of aryl methyl sites for hydroxylation is 1. The van der Waals surface area contributed by atoms with Gasteiger partial charge in [-0.25, -0.2) is 0 Å². The van der Waals surface area contributed by atoms with E-state index in [9.17, 15) is 0 Å². The van der Waals surface area contributed by atoms with Crippen molar-refractivity contribution >= 4 is 27.5 Å². The van der Waals surface area contributed by atoms with E-state index in [0.29, 0.717) is 10.2 Å². The first-order chi connectivity index (χ1) is 4.25. The Bertz CT molecular complexity index is 241. The van der Waals surface area contributed by atoms with Gasteiger partial charge in [0.2, 0.25) is 0 Å². The van der Waals surface area contributed by atoms with Crippen LogP contribution in [0.25, 0.3) is 0 Å². The van der Waals surface area contributed by atoms with E-state index in [0.717, 1.165) is 4.88 Å². The molecule has 0 spiro atoms. The van der Waals surface area contributed by atoms with Crippen molar-refractivity contribution in [2.45, 2.75) is 6.92 Å². The molecule has 0 amide bonds. The number of rotatable bonds is 0. The topological polar surface area (TPSA) is 36.7 Å². The van der Waals surface area contributed by atoms with Crippen LogP contribution in [0.1, 0.15) is 10.4 Å². The fraction of sp³-hybridized carbons (Fsp3) is 0.200. The summed E-state index contributed by atoms with van der Waals surface area (Å²) in [4.78, 5) is 0.962. The maximum absolute atomic E-state index is 8.47. The van der Waals surface area contributed by atoms with E-state index in [1.165, 1.54) is 11.5 Å². The van der Waals surface area contributed by atoms with E-state index in [2.05, 4.69) is 20.3 Å². The van der Waals surface area contributed by atoms with Gasteiger partial charge in [0, 0.05) is 4.88 Å². The number of hydrogen-bond acceptors (Lipinski definition) is 3. The summed E-state index contributed by atoms with van der Waals surface area (Å²) in [5, 5.41) is 8.47. The predicted octanol–water partition coefficient (Wildman–Crippen LogP) is 2.09. The molecule has 0 bridgehead atoms. The summed E-state index contributed by atoms with van der Waals surface area (Å²) < 4.78 is 4.58. The zero-order valence-electron chi connectivity index (χ0n) is 4.68. The fourth-order valence-electron chi connectivity index (χ4n) is 0.470. The average molecular weight is 203 g/mol. The maximum atomic E-state index is 8.47. The molecule has 46 valence electrons. The molecule has 0 saturated heterocycles. The minimum absolute atomic E-state index is 0.653. The van der Waals surface area contributed by atoms with Gasteiger partial charge in [0.25, 0.3) is 0 Å². The normalized spacial score (nSPS) is 9.00. The van der Waals surface area contributed by atoms with Crippen LogP contribution in [0.4, 0.5) is 0 Å². The Morgan fingerprint density at radius 2 is 2.44 bits per heavy atom. The second kappa shape index (κ2) is 2.46. The number of halogens is 1. The second-order valence-corrected chi connectivity index (χ2v) is 3.25. The Kier molecular flexibility index (Phi) is 1.84. The van der Waals surface area contributed by atoms with E-state index in [1.54, 1.807) is 0 Å². The van der Waals surface area contributed by atoms with E-state index in [-0.39, 0.29) is 0 Å².